The Morgan fingerprint density at radius 2 is 0.380 bits per heavy atom. The van der Waals surface area contributed by atoms with E-state index in [2.05, 4.69) is 45.9 Å². The van der Waals surface area contributed by atoms with Crippen molar-refractivity contribution in [3.8, 4) is 0 Å². The molecule has 23 heteroatoms. The zero-order chi connectivity index (χ0) is 34.4. The predicted molar refractivity (Wildman–Crippen MR) is 181 cm³/mol. The molecule has 0 unspecified atom stereocenters. The van der Waals surface area contributed by atoms with Crippen LogP contribution >= 0.6 is 0 Å². The standard InChI is InChI=1S/3C9H10BN6.O.Tc/c3*1-4-11-14(7-1)10(15-8-2-5-12-15)16-9-3-6-13-16;;/h3*1-10H;;/q3*-1;;+3. The van der Waals surface area contributed by atoms with E-state index >= 15 is 0 Å². The summed E-state index contributed by atoms with van der Waals surface area (Å²) in [5.74, 6) is 0. The quantitative estimate of drug-likeness (QED) is 0.178. The molecule has 19 nitrogen and oxygen atoms in total. The molecule has 9 aromatic rings. The smallest absolute Gasteiger partial charge is 0.325 e. The number of rotatable bonds is 9. The van der Waals surface area contributed by atoms with Gasteiger partial charge >= 0.3 is 43.7 Å². The van der Waals surface area contributed by atoms with Gasteiger partial charge in [0, 0.05) is 55.8 Å². The summed E-state index contributed by atoms with van der Waals surface area (Å²) in [7, 11) is -3.38. The van der Waals surface area contributed by atoms with Crippen LogP contribution < -0.4 is 0 Å². The summed E-state index contributed by atoms with van der Waals surface area (Å²) < 4.78 is 25.1. The normalized spacial score (nSPS) is 10.7. The minimum absolute atomic E-state index is 0.900. The van der Waals surface area contributed by atoms with Crippen molar-refractivity contribution in [2.75, 3.05) is 0 Å². The van der Waals surface area contributed by atoms with Crippen molar-refractivity contribution in [2.24, 2.45) is 0 Å². The van der Waals surface area contributed by atoms with Crippen LogP contribution in [-0.4, -0.2) is 109 Å². The summed E-state index contributed by atoms with van der Waals surface area (Å²) in [5, 5.41) is 38.3. The first-order valence-electron chi connectivity index (χ1n) is 15.4. The van der Waals surface area contributed by atoms with Crippen LogP contribution in [0.1, 0.15) is 0 Å². The zero-order valence-electron chi connectivity index (χ0n) is 26.5. The van der Waals surface area contributed by atoms with E-state index in [0.29, 0.717) is 0 Å². The van der Waals surface area contributed by atoms with Crippen molar-refractivity contribution in [3.05, 3.63) is 166 Å². The van der Waals surface area contributed by atoms with Gasteiger partial charge in [-0.05, 0) is 110 Å². The number of hydrogen-bond donors (Lipinski definition) is 0. The van der Waals surface area contributed by atoms with E-state index in [-0.39, 0.29) is 0 Å². The van der Waals surface area contributed by atoms with Crippen molar-refractivity contribution in [3.63, 3.8) is 0 Å². The Balaban J connectivity index is 0.000000126. The van der Waals surface area contributed by atoms with Crippen molar-refractivity contribution in [2.45, 2.75) is 0 Å². The Bertz CT molecular complexity index is 1610. The molecule has 0 fully saturated rings. The predicted octanol–water partition coefficient (Wildman–Crippen LogP) is -0.307. The number of nitrogens with zero attached hydrogens (tertiary/aromatic N) is 18. The Kier molecular flexibility index (Phi) is 11.4. The van der Waals surface area contributed by atoms with Crippen LogP contribution in [0.5, 0.6) is 0 Å². The molecule has 9 heterocycles. The van der Waals surface area contributed by atoms with Gasteiger partial charge in [-0.1, -0.05) is 0 Å². The number of hydrogen-bond acceptors (Lipinski definition) is 10. The fraction of sp³-hybridized carbons (Fsp3) is 0. The van der Waals surface area contributed by atoms with Crippen LogP contribution in [0.25, 0.3) is 0 Å². The SMILES string of the molecule is [O]=[Tc+3].c1cnn([BH-](n2cccn2)n2cccn2)c1.c1cnn([BH-](n2cccn2)n2cccn2)c1.c1cnn([BH-](n2cccn2)n2cccn2)c1. The molecular formula is C27H30B3N18OTc. The van der Waals surface area contributed by atoms with E-state index in [9.17, 15) is 0 Å². The molecule has 0 aliphatic carbocycles. The molecule has 9 rings (SSSR count). The summed E-state index contributed by atoms with van der Waals surface area (Å²) in [6.07, 6.45) is 33.1. The van der Waals surface area contributed by atoms with E-state index in [1.54, 1.807) is 55.8 Å². The second kappa shape index (κ2) is 17.1. The molecule has 0 saturated carbocycles. The summed E-state index contributed by atoms with van der Waals surface area (Å²) in [6, 6.07) is 17.1. The maximum Gasteiger partial charge on any atom is 0.325 e. The van der Waals surface area contributed by atoms with Gasteiger partial charge in [0.05, 0.1) is 0 Å². The van der Waals surface area contributed by atoms with Crippen LogP contribution in [-0.2, 0) is 22.4 Å². The average Bonchev–Trinajstić information content (AvgIpc) is 4.03. The third kappa shape index (κ3) is 7.97. The Labute approximate surface area is 296 Å². The van der Waals surface area contributed by atoms with Crippen LogP contribution in [0.15, 0.2) is 166 Å². The van der Waals surface area contributed by atoms with Crippen molar-refractivity contribution in [1.29, 1.82) is 0 Å². The van der Waals surface area contributed by atoms with Crippen molar-refractivity contribution in [1.82, 2.24) is 87.2 Å². The Morgan fingerprint density at radius 3 is 0.460 bits per heavy atom. The summed E-state index contributed by atoms with van der Waals surface area (Å²) >= 11 is 0.900. The molecule has 0 aliphatic rings. The minimum Gasteiger partial charge on any atom is -0.403 e. The topological polar surface area (TPSA) is 177 Å². The van der Waals surface area contributed by atoms with Gasteiger partial charge in [0.25, 0.3) is 0 Å². The first kappa shape index (κ1) is 33.4. The van der Waals surface area contributed by atoms with Gasteiger partial charge in [0.15, 0.2) is 0 Å². The van der Waals surface area contributed by atoms with Crippen LogP contribution in [0.4, 0.5) is 0 Å². The first-order chi connectivity index (χ1) is 24.8. The monoisotopic (exact) mass is 752 g/mol. The average molecular weight is 753 g/mol. The Hall–Kier alpha value is -6.47. The fourth-order valence-corrected chi connectivity index (χ4v) is 5.55. The summed E-state index contributed by atoms with van der Waals surface area (Å²) in [6.45, 7) is 0. The third-order valence-electron chi connectivity index (χ3n) is 7.64. The van der Waals surface area contributed by atoms with Crippen LogP contribution in [0, 0.1) is 0 Å². The molecule has 0 radical (unpaired) electrons. The van der Waals surface area contributed by atoms with Crippen LogP contribution in [0.2, 0.25) is 0 Å². The molecule has 0 bridgehead atoms. The van der Waals surface area contributed by atoms with Gasteiger partial charge in [0.1, 0.15) is 0 Å². The molecule has 0 spiro atoms. The van der Waals surface area contributed by atoms with Crippen molar-refractivity contribution >= 4 is 21.4 Å². The largest absolute Gasteiger partial charge is 0.403 e. The maximum absolute atomic E-state index is 8.22. The minimum atomic E-state index is -1.12. The molecule has 0 atom stereocenters. The van der Waals surface area contributed by atoms with Gasteiger partial charge in [-0.3, -0.25) is 0 Å². The second-order valence-corrected chi connectivity index (χ2v) is 10.7. The fourth-order valence-electron chi connectivity index (χ4n) is 5.55. The molecule has 0 amide bonds. The van der Waals surface area contributed by atoms with Crippen LogP contribution in [0.3, 0.4) is 0 Å². The summed E-state index contributed by atoms with van der Waals surface area (Å²) in [4.78, 5) is 0. The van der Waals surface area contributed by atoms with Gasteiger partial charge in [-0.2, -0.15) is 0 Å². The van der Waals surface area contributed by atoms with Gasteiger partial charge in [0.2, 0.25) is 0 Å². The van der Waals surface area contributed by atoms with E-state index in [1.807, 2.05) is 152 Å². The zero-order valence-corrected chi connectivity index (χ0v) is 28.4. The van der Waals surface area contributed by atoms with Gasteiger partial charge in [-0.25, -0.2) is 45.9 Å². The molecular weight excluding hydrogens is 723 g/mol. The maximum atomic E-state index is 8.22. The second-order valence-electron chi connectivity index (χ2n) is 10.7. The molecule has 0 aliphatic heterocycles. The van der Waals surface area contributed by atoms with Gasteiger partial charge < -0.3 is 41.3 Å². The number of aromatic nitrogens is 18. The molecule has 50 heavy (non-hydrogen) atoms. The molecule has 0 N–H and O–H groups in total. The van der Waals surface area contributed by atoms with E-state index in [4.69, 9.17) is 3.50 Å². The molecule has 0 aromatic carbocycles. The molecule has 0 saturated heterocycles. The first-order valence-corrected chi connectivity index (χ1v) is 16.2. The Morgan fingerprint density at radius 1 is 0.260 bits per heavy atom. The molecule has 250 valence electrons. The summed E-state index contributed by atoms with van der Waals surface area (Å²) in [5.41, 5.74) is 0. The van der Waals surface area contributed by atoms with Gasteiger partial charge in [-0.15, -0.1) is 0 Å². The van der Waals surface area contributed by atoms with Crippen molar-refractivity contribution < 1.29 is 22.4 Å². The van der Waals surface area contributed by atoms with E-state index in [1.165, 1.54) is 0 Å². The third-order valence-corrected chi connectivity index (χ3v) is 7.64. The molecule has 9 aromatic heterocycles. The van der Waals surface area contributed by atoms with E-state index in [0.717, 1.165) is 18.9 Å². The van der Waals surface area contributed by atoms with E-state index < -0.39 is 21.4 Å².